The summed E-state index contributed by atoms with van der Waals surface area (Å²) in [4.78, 5) is 0. The predicted molar refractivity (Wildman–Crippen MR) is 78.6 cm³/mol. The third-order valence-corrected chi connectivity index (χ3v) is 3.13. The van der Waals surface area contributed by atoms with Crippen LogP contribution in [0.2, 0.25) is 0 Å². The van der Waals surface area contributed by atoms with E-state index >= 15 is 0 Å². The van der Waals surface area contributed by atoms with Crippen molar-refractivity contribution < 1.29 is 4.21 Å². The van der Waals surface area contributed by atoms with Crippen LogP contribution in [0.25, 0.3) is 0 Å². The van der Waals surface area contributed by atoms with Gasteiger partial charge in [-0.2, -0.15) is 0 Å². The Morgan fingerprint density at radius 3 is 1.25 bits per heavy atom. The molecule has 102 valence electrons. The van der Waals surface area contributed by atoms with E-state index in [0.29, 0.717) is 5.41 Å². The zero-order chi connectivity index (χ0) is 12.9. The van der Waals surface area contributed by atoms with Crippen molar-refractivity contribution in [2.75, 3.05) is 12.5 Å². The molecule has 0 atom stereocenters. The Balaban J connectivity index is -0.000000200. The predicted octanol–water partition coefficient (Wildman–Crippen LogP) is 4.45. The van der Waals surface area contributed by atoms with E-state index in [4.69, 9.17) is 0 Å². The lowest BCUT2D eigenvalue weighted by molar-refractivity contribution is 0.283. The van der Waals surface area contributed by atoms with Gasteiger partial charge in [0.1, 0.15) is 0 Å². The van der Waals surface area contributed by atoms with Gasteiger partial charge in [0.15, 0.2) is 0 Å². The highest BCUT2D eigenvalue weighted by Crippen LogP contribution is 2.23. The van der Waals surface area contributed by atoms with Crippen molar-refractivity contribution in [2.24, 2.45) is 15.7 Å². The van der Waals surface area contributed by atoms with Crippen LogP contribution in [0.5, 0.6) is 0 Å². The van der Waals surface area contributed by atoms with Crippen LogP contribution >= 0.6 is 0 Å². The molecule has 0 spiro atoms. The second-order valence-electron chi connectivity index (χ2n) is 5.90. The highest BCUT2D eigenvalue weighted by Gasteiger charge is 2.13. The van der Waals surface area contributed by atoms with Gasteiger partial charge < -0.3 is 0 Å². The van der Waals surface area contributed by atoms with Crippen molar-refractivity contribution >= 4 is 9.73 Å². The molecule has 0 aliphatic rings. The molecule has 0 heterocycles. The summed E-state index contributed by atoms with van der Waals surface area (Å²) in [6, 6.07) is 0.192. The molecule has 3 heteroatoms. The Kier molecular flexibility index (Phi) is 10.8. The lowest BCUT2D eigenvalue weighted by atomic mass is 9.84. The average molecular weight is 251 g/mol. The molecule has 0 fully saturated rings. The van der Waals surface area contributed by atoms with Crippen molar-refractivity contribution in [3.8, 4) is 0 Å². The largest absolute Gasteiger partial charge is 0.250 e. The molecule has 2 nitrogen and oxygen atoms in total. The monoisotopic (exact) mass is 251 g/mol. The normalized spacial score (nSPS) is 11.7. The van der Waals surface area contributed by atoms with Gasteiger partial charge in [-0.3, -0.25) is 4.21 Å². The molecule has 0 saturated heterocycles. The van der Waals surface area contributed by atoms with Gasteiger partial charge in [-0.1, -0.05) is 42.0 Å². The van der Waals surface area contributed by atoms with E-state index in [1.807, 2.05) is 13.8 Å². The smallest absolute Gasteiger partial charge is 0.0537 e. The number of hydrogen-bond acceptors (Lipinski definition) is 2. The molecule has 0 aromatic rings. The van der Waals surface area contributed by atoms with Crippen LogP contribution in [-0.4, -0.2) is 22.8 Å². The molecule has 0 rings (SSSR count). The summed E-state index contributed by atoms with van der Waals surface area (Å²) in [5.74, 6) is 0.799. The first-order chi connectivity index (χ1) is 6.36. The second-order valence-corrected chi connectivity index (χ2v) is 8.47. The second kappa shape index (κ2) is 8.10. The number of nitrogens with zero attached hydrogens (tertiary/aromatic N) is 1. The van der Waals surface area contributed by atoms with E-state index in [-0.39, 0.29) is 13.5 Å². The molecule has 16 heavy (non-hydrogen) atoms. The third kappa shape index (κ3) is 19.5. The molecule has 0 aliphatic carbocycles. The van der Waals surface area contributed by atoms with Crippen LogP contribution < -0.4 is 0 Å². The molecule has 0 amide bonds. The van der Waals surface area contributed by atoms with Crippen LogP contribution in [0.4, 0.5) is 0 Å². The van der Waals surface area contributed by atoms with Crippen molar-refractivity contribution in [1.82, 2.24) is 0 Å². The fraction of sp³-hybridized carbons (Fsp3) is 1.00. The van der Waals surface area contributed by atoms with E-state index in [1.165, 1.54) is 0 Å². The van der Waals surface area contributed by atoms with Gasteiger partial charge in [0, 0.05) is 22.2 Å². The molecule has 0 aromatic heterocycles. The zero-order valence-corrected chi connectivity index (χ0v) is 12.7. The van der Waals surface area contributed by atoms with Gasteiger partial charge in [0.25, 0.3) is 0 Å². The van der Waals surface area contributed by atoms with Gasteiger partial charge >= 0.3 is 0 Å². The van der Waals surface area contributed by atoms with Gasteiger partial charge in [-0.05, 0) is 25.2 Å². The van der Waals surface area contributed by atoms with Crippen molar-refractivity contribution in [2.45, 2.75) is 61.9 Å². The quantitative estimate of drug-likeness (QED) is 0.677. The van der Waals surface area contributed by atoms with Crippen LogP contribution in [0.1, 0.15) is 55.9 Å². The van der Waals surface area contributed by atoms with E-state index in [1.54, 1.807) is 12.5 Å². The molecule has 0 saturated carbocycles. The van der Waals surface area contributed by atoms with Crippen LogP contribution in [0.3, 0.4) is 0 Å². The topological polar surface area (TPSA) is 29.4 Å². The number of hydrogen-bond donors (Lipinski definition) is 0. The first kappa shape index (κ1) is 21.3. The molecule has 0 aromatic carbocycles. The molecule has 0 N–H and O–H groups in total. The minimum Gasteiger partial charge on any atom is -0.250 e. The van der Waals surface area contributed by atoms with Gasteiger partial charge in [0.2, 0.25) is 0 Å². The third-order valence-electron chi connectivity index (χ3n) is 2.20. The fourth-order valence-electron chi connectivity index (χ4n) is 0.508. The van der Waals surface area contributed by atoms with Gasteiger partial charge in [-0.25, -0.2) is 4.36 Å². The maximum Gasteiger partial charge on any atom is 0.0537 e. The van der Waals surface area contributed by atoms with Gasteiger partial charge in [-0.15, -0.1) is 0 Å². The zero-order valence-electron chi connectivity index (χ0n) is 11.9. The van der Waals surface area contributed by atoms with E-state index in [2.05, 4.69) is 39.0 Å². The highest BCUT2D eigenvalue weighted by atomic mass is 32.2. The lowest BCUT2D eigenvalue weighted by Gasteiger charge is -2.22. The lowest BCUT2D eigenvalue weighted by Crippen LogP contribution is -2.12. The highest BCUT2D eigenvalue weighted by molar-refractivity contribution is 7.92. The Morgan fingerprint density at radius 1 is 1.00 bits per heavy atom. The maximum atomic E-state index is 10.8. The van der Waals surface area contributed by atoms with Gasteiger partial charge in [0.05, 0.1) is 6.04 Å². The molecular formula is C13H33NOS. The first-order valence-electron chi connectivity index (χ1n) is 5.52. The SMILES string of the molecule is C.CC(C)C(C)(C)C.CC(C)N=S(C)(C)=O. The summed E-state index contributed by atoms with van der Waals surface area (Å²) in [5, 5.41) is 0. The Morgan fingerprint density at radius 2 is 1.25 bits per heavy atom. The summed E-state index contributed by atoms with van der Waals surface area (Å²) in [6.45, 7) is 15.1. The van der Waals surface area contributed by atoms with E-state index < -0.39 is 9.73 Å². The summed E-state index contributed by atoms with van der Waals surface area (Å²) in [6.07, 6.45) is 3.29. The summed E-state index contributed by atoms with van der Waals surface area (Å²) in [7, 11) is -1.85. The van der Waals surface area contributed by atoms with Crippen molar-refractivity contribution in [1.29, 1.82) is 0 Å². The van der Waals surface area contributed by atoms with Crippen LogP contribution in [-0.2, 0) is 9.73 Å². The average Bonchev–Trinajstić information content (AvgIpc) is 1.78. The summed E-state index contributed by atoms with van der Waals surface area (Å²) >= 11 is 0. The maximum absolute atomic E-state index is 10.8. The Labute approximate surface area is 104 Å². The Bertz CT molecular complexity index is 258. The minimum atomic E-state index is -1.85. The summed E-state index contributed by atoms with van der Waals surface area (Å²) < 4.78 is 14.8. The van der Waals surface area contributed by atoms with Crippen LogP contribution in [0, 0.1) is 11.3 Å². The van der Waals surface area contributed by atoms with E-state index in [9.17, 15) is 4.21 Å². The minimum absolute atomic E-state index is 0. The molecular weight excluding hydrogens is 218 g/mol. The van der Waals surface area contributed by atoms with E-state index in [0.717, 1.165) is 5.92 Å². The van der Waals surface area contributed by atoms with Crippen LogP contribution in [0.15, 0.2) is 4.36 Å². The standard InChI is InChI=1S/C7H16.C5H13NOS.CH4/c1-6(2)7(3,4)5;1-5(2)6-8(3,4)7;/h6H,1-5H3;5H,1-4H3;1H4. The summed E-state index contributed by atoms with van der Waals surface area (Å²) in [5.41, 5.74) is 0.500. The van der Waals surface area contributed by atoms with Crippen molar-refractivity contribution in [3.63, 3.8) is 0 Å². The molecule has 0 radical (unpaired) electrons. The van der Waals surface area contributed by atoms with Crippen molar-refractivity contribution in [3.05, 3.63) is 0 Å². The first-order valence-corrected chi connectivity index (χ1v) is 7.85. The Hall–Kier alpha value is -0.0500. The fourth-order valence-corrected chi connectivity index (χ4v) is 1.52. The molecule has 0 bridgehead atoms. The molecule has 0 aliphatic heterocycles. The number of rotatable bonds is 1. The molecule has 0 unspecified atom stereocenters.